The Morgan fingerprint density at radius 2 is 1.70 bits per heavy atom. The lowest BCUT2D eigenvalue weighted by atomic mass is 9.97. The lowest BCUT2D eigenvalue weighted by Gasteiger charge is -2.40. The number of aryl methyl sites for hydroxylation is 1. The van der Waals surface area contributed by atoms with Crippen molar-refractivity contribution in [1.29, 1.82) is 0 Å². The quantitative estimate of drug-likeness (QED) is 0.433. The second-order valence-corrected chi connectivity index (χ2v) is 10.9. The monoisotopic (exact) mass is 535 g/mol. The molecule has 12 heteroatoms. The van der Waals surface area contributed by atoms with Crippen LogP contribution in [0.4, 0.5) is 23.4 Å². The number of nitrogens with zero attached hydrogens (tertiary/aromatic N) is 5. The first-order valence-electron chi connectivity index (χ1n) is 11.8. The van der Waals surface area contributed by atoms with Crippen LogP contribution < -0.4 is 4.41 Å². The minimum Gasteiger partial charge on any atom is -0.298 e. The number of benzene rings is 1. The summed E-state index contributed by atoms with van der Waals surface area (Å²) in [5, 5.41) is 1.31. The number of alkyl halides is 3. The molecule has 2 aliphatic rings. The number of aromatic nitrogens is 2. The summed E-state index contributed by atoms with van der Waals surface area (Å²) in [4.78, 5) is 10.2. The van der Waals surface area contributed by atoms with Gasteiger partial charge in [0.2, 0.25) is 0 Å². The zero-order valence-corrected chi connectivity index (χ0v) is 20.8. The van der Waals surface area contributed by atoms with Gasteiger partial charge in [0.05, 0.1) is 5.56 Å². The predicted molar refractivity (Wildman–Crippen MR) is 129 cm³/mol. The fourth-order valence-electron chi connectivity index (χ4n) is 4.59. The van der Waals surface area contributed by atoms with Crippen LogP contribution in [0.25, 0.3) is 11.1 Å². The molecule has 0 N–H and O–H groups in total. The maximum atomic E-state index is 14.1. The molecule has 0 unspecified atom stereocenters. The van der Waals surface area contributed by atoms with E-state index in [1.165, 1.54) is 24.4 Å². The number of hydrogen-bond donors (Lipinski definition) is 0. The van der Waals surface area contributed by atoms with E-state index in [9.17, 15) is 26.0 Å². The molecule has 3 heterocycles. The average molecular weight is 536 g/mol. The molecule has 37 heavy (non-hydrogen) atoms. The molecule has 0 spiro atoms. The summed E-state index contributed by atoms with van der Waals surface area (Å²) in [7, 11) is -4.33. The molecule has 1 aromatic carbocycles. The molecule has 5 rings (SSSR count). The first-order valence-corrected chi connectivity index (χ1v) is 13.3. The Balaban J connectivity index is 1.64. The van der Waals surface area contributed by atoms with Gasteiger partial charge in [-0.2, -0.15) is 26.0 Å². The highest BCUT2D eigenvalue weighted by molar-refractivity contribution is 7.92. The van der Waals surface area contributed by atoms with E-state index in [1.807, 2.05) is 0 Å². The summed E-state index contributed by atoms with van der Waals surface area (Å²) in [5.41, 5.74) is -1.03. The molecular formula is C25H25F4N5O2S. The topological polar surface area (TPSA) is 69.6 Å². The van der Waals surface area contributed by atoms with Crippen molar-refractivity contribution in [1.82, 2.24) is 19.9 Å². The highest BCUT2D eigenvalue weighted by Gasteiger charge is 2.40. The van der Waals surface area contributed by atoms with Crippen LogP contribution in [-0.4, -0.2) is 60.5 Å². The summed E-state index contributed by atoms with van der Waals surface area (Å²) < 4.78 is 84.6. The van der Waals surface area contributed by atoms with E-state index in [4.69, 9.17) is 0 Å². The van der Waals surface area contributed by atoms with Crippen molar-refractivity contribution in [3.05, 3.63) is 71.8 Å². The average Bonchev–Trinajstić information content (AvgIpc) is 3.71. The van der Waals surface area contributed by atoms with Gasteiger partial charge >= 0.3 is 6.18 Å². The van der Waals surface area contributed by atoms with Crippen molar-refractivity contribution in [3.63, 3.8) is 0 Å². The molecule has 2 fully saturated rings. The van der Waals surface area contributed by atoms with E-state index < -0.39 is 27.6 Å². The van der Waals surface area contributed by atoms with Crippen LogP contribution in [0.5, 0.6) is 0 Å². The molecule has 1 saturated carbocycles. The van der Waals surface area contributed by atoms with Gasteiger partial charge in [-0.15, -0.1) is 0 Å². The first-order chi connectivity index (χ1) is 17.6. The molecule has 2 aromatic heterocycles. The molecular weight excluding hydrogens is 510 g/mol. The number of hydrogen-bond acceptors (Lipinski definition) is 6. The number of pyridine rings is 2. The number of piperazine rings is 1. The molecule has 0 amide bonds. The van der Waals surface area contributed by atoms with Gasteiger partial charge in [0.25, 0.3) is 10.0 Å². The Kier molecular flexibility index (Phi) is 6.67. The van der Waals surface area contributed by atoms with Gasteiger partial charge in [-0.1, -0.05) is 12.1 Å². The Morgan fingerprint density at radius 1 is 0.973 bits per heavy atom. The smallest absolute Gasteiger partial charge is 0.298 e. The number of halogens is 4. The lowest BCUT2D eigenvalue weighted by Crippen LogP contribution is -2.56. The summed E-state index contributed by atoms with van der Waals surface area (Å²) in [6, 6.07) is 9.52. The summed E-state index contributed by atoms with van der Waals surface area (Å²) in [6.07, 6.45) is -0.645. The van der Waals surface area contributed by atoms with Crippen LogP contribution in [0, 0.1) is 12.7 Å². The molecule has 1 aliphatic carbocycles. The van der Waals surface area contributed by atoms with Crippen LogP contribution in [0.2, 0.25) is 0 Å². The minimum atomic E-state index is -4.79. The van der Waals surface area contributed by atoms with Crippen molar-refractivity contribution in [2.24, 2.45) is 0 Å². The van der Waals surface area contributed by atoms with E-state index in [2.05, 4.69) is 14.9 Å². The van der Waals surface area contributed by atoms with E-state index >= 15 is 0 Å². The van der Waals surface area contributed by atoms with Gasteiger partial charge < -0.3 is 0 Å². The zero-order chi connectivity index (χ0) is 26.4. The maximum absolute atomic E-state index is 14.1. The Labute approximate surface area is 212 Å². The highest BCUT2D eigenvalue weighted by atomic mass is 32.2. The van der Waals surface area contributed by atoms with E-state index in [0.717, 1.165) is 35.5 Å². The van der Waals surface area contributed by atoms with Gasteiger partial charge in [0, 0.05) is 44.6 Å². The van der Waals surface area contributed by atoms with Crippen molar-refractivity contribution < 1.29 is 26.0 Å². The third-order valence-electron chi connectivity index (χ3n) is 6.62. The fraction of sp³-hybridized carbons (Fsp3) is 0.360. The molecule has 0 bridgehead atoms. The van der Waals surface area contributed by atoms with E-state index in [-0.39, 0.29) is 22.0 Å². The van der Waals surface area contributed by atoms with Crippen molar-refractivity contribution in [2.75, 3.05) is 30.6 Å². The van der Waals surface area contributed by atoms with E-state index in [1.54, 1.807) is 18.0 Å². The van der Waals surface area contributed by atoms with Crippen LogP contribution in [-0.2, 0) is 16.2 Å². The minimum absolute atomic E-state index is 0.00436. The molecule has 0 atom stereocenters. The first kappa shape index (κ1) is 25.6. The Bertz CT molecular complexity index is 1390. The summed E-state index contributed by atoms with van der Waals surface area (Å²) in [6.45, 7) is 3.44. The maximum Gasteiger partial charge on any atom is 0.418 e. The van der Waals surface area contributed by atoms with Gasteiger partial charge in [-0.3, -0.25) is 4.90 Å². The number of hydrazine groups is 1. The van der Waals surface area contributed by atoms with Crippen molar-refractivity contribution in [3.8, 4) is 11.1 Å². The van der Waals surface area contributed by atoms with Crippen LogP contribution in [0.15, 0.2) is 59.9 Å². The largest absolute Gasteiger partial charge is 0.418 e. The third-order valence-corrected chi connectivity index (χ3v) is 8.26. The Hall–Kier alpha value is -3.09. The fourth-order valence-corrected chi connectivity index (χ4v) is 6.02. The predicted octanol–water partition coefficient (Wildman–Crippen LogP) is 4.50. The number of anilines is 1. The van der Waals surface area contributed by atoms with Gasteiger partial charge in [-0.05, 0) is 66.8 Å². The van der Waals surface area contributed by atoms with Crippen LogP contribution in [0.3, 0.4) is 0 Å². The summed E-state index contributed by atoms with van der Waals surface area (Å²) >= 11 is 0. The van der Waals surface area contributed by atoms with Crippen molar-refractivity contribution >= 4 is 15.8 Å². The summed E-state index contributed by atoms with van der Waals surface area (Å²) in [5.74, 6) is -0.932. The van der Waals surface area contributed by atoms with Crippen LogP contribution >= 0.6 is 0 Å². The highest BCUT2D eigenvalue weighted by Crippen LogP contribution is 2.40. The molecule has 7 nitrogen and oxygen atoms in total. The number of rotatable bonds is 6. The standard InChI is InChI=1S/C25H25F4N5O2S/c1-17-5-6-18(26)14-20(17)21-15-23(31-16-22(21)25(27,28)29)34(37(35,36)24-4-2-3-9-30-24)33-12-10-32(11-13-33)19-7-8-19/h2-6,9,14-16,19H,7-8,10-13H2,1H3. The third kappa shape index (κ3) is 5.18. The van der Waals surface area contributed by atoms with Gasteiger partial charge in [0.1, 0.15) is 5.82 Å². The lowest BCUT2D eigenvalue weighted by molar-refractivity contribution is -0.137. The second kappa shape index (κ2) is 9.66. The number of sulfonamides is 1. The Morgan fingerprint density at radius 3 is 2.32 bits per heavy atom. The normalized spacial score (nSPS) is 17.6. The SMILES string of the molecule is Cc1ccc(F)cc1-c1cc(N(N2CCN(C3CC3)CC2)S(=O)(=O)c2ccccn2)ncc1C(F)(F)F. The molecule has 196 valence electrons. The van der Waals surface area contributed by atoms with Crippen molar-refractivity contribution in [2.45, 2.75) is 37.0 Å². The molecule has 0 radical (unpaired) electrons. The van der Waals surface area contributed by atoms with Gasteiger partial charge in [-0.25, -0.2) is 19.4 Å². The molecule has 3 aromatic rings. The van der Waals surface area contributed by atoms with Gasteiger partial charge in [0.15, 0.2) is 10.8 Å². The molecule has 1 saturated heterocycles. The zero-order valence-electron chi connectivity index (χ0n) is 20.0. The second-order valence-electron chi connectivity index (χ2n) is 9.18. The van der Waals surface area contributed by atoms with Crippen LogP contribution in [0.1, 0.15) is 24.0 Å². The molecule has 1 aliphatic heterocycles. The van der Waals surface area contributed by atoms with E-state index in [0.29, 0.717) is 44.0 Å².